The number of nitrogens with zero attached hydrogens (tertiary/aromatic N) is 4. The number of hydrogen-bond donors (Lipinski definition) is 0. The largest absolute Gasteiger partial charge is 2.00 e. The number of hydrogen-bond acceptors (Lipinski definition) is 5. The van der Waals surface area contributed by atoms with Gasteiger partial charge in [0.1, 0.15) is 0 Å². The molecular formula is C58H57CoN4O3P. The van der Waals surface area contributed by atoms with E-state index < -0.39 is 7.60 Å². The first-order valence-electron chi connectivity index (χ1n) is 22.9. The molecule has 67 heavy (non-hydrogen) atoms. The van der Waals surface area contributed by atoms with Crippen molar-refractivity contribution in [3.8, 4) is 44.5 Å². The fraction of sp³-hybridized carbons (Fsp3) is 0.241. The van der Waals surface area contributed by atoms with Crippen molar-refractivity contribution in [2.45, 2.75) is 82.3 Å². The van der Waals surface area contributed by atoms with Crippen LogP contribution in [0.15, 0.2) is 84.9 Å². The molecule has 0 fully saturated rings. The fourth-order valence-corrected chi connectivity index (χ4v) is 12.1. The van der Waals surface area contributed by atoms with Crippen molar-refractivity contribution >= 4 is 54.0 Å². The normalized spacial score (nSPS) is 12.2. The molecule has 0 saturated heterocycles. The Balaban J connectivity index is 0.00000608. The van der Waals surface area contributed by atoms with Gasteiger partial charge in [0, 0.05) is 0 Å². The number of aryl methyl sites for hydroxylation is 9. The van der Waals surface area contributed by atoms with Gasteiger partial charge in [-0.1, -0.05) is 102 Å². The van der Waals surface area contributed by atoms with Crippen LogP contribution in [-0.4, -0.2) is 23.2 Å². The maximum absolute atomic E-state index is 13.6. The zero-order valence-electron chi connectivity index (χ0n) is 40.3. The van der Waals surface area contributed by atoms with Crippen molar-refractivity contribution in [3.05, 3.63) is 163 Å². The Hall–Kier alpha value is -5.86. The van der Waals surface area contributed by atoms with E-state index in [4.69, 9.17) is 29.0 Å². The first-order valence-corrected chi connectivity index (χ1v) is 24.7. The molecule has 5 heterocycles. The van der Waals surface area contributed by atoms with Crippen molar-refractivity contribution in [1.82, 2.24) is 19.9 Å². The van der Waals surface area contributed by atoms with Gasteiger partial charge in [-0.2, -0.15) is 0 Å². The van der Waals surface area contributed by atoms with E-state index in [-0.39, 0.29) is 22.9 Å². The summed E-state index contributed by atoms with van der Waals surface area (Å²) < 4.78 is 24.9. The average molecular weight is 948 g/mol. The Kier molecular flexibility index (Phi) is 13.5. The van der Waals surface area contributed by atoms with Gasteiger partial charge in [0.25, 0.3) is 0 Å². The van der Waals surface area contributed by atoms with E-state index in [2.05, 4.69) is 159 Å². The smallest absolute Gasteiger partial charge is 0.657 e. The van der Waals surface area contributed by atoms with Crippen LogP contribution >= 0.6 is 7.60 Å². The molecule has 0 unspecified atom stereocenters. The van der Waals surface area contributed by atoms with E-state index in [9.17, 15) is 4.57 Å². The summed E-state index contributed by atoms with van der Waals surface area (Å²) in [5.74, 6) is 0. The minimum Gasteiger partial charge on any atom is -0.657 e. The van der Waals surface area contributed by atoms with Gasteiger partial charge in [0.05, 0.1) is 42.2 Å². The zero-order chi connectivity index (χ0) is 46.6. The van der Waals surface area contributed by atoms with E-state index in [0.29, 0.717) is 13.2 Å². The average Bonchev–Trinajstić information content (AvgIpc) is 4.09. The minimum atomic E-state index is -3.32. The summed E-state index contributed by atoms with van der Waals surface area (Å²) in [5.41, 5.74) is 26.2. The molecule has 8 bridgehead atoms. The van der Waals surface area contributed by atoms with Gasteiger partial charge in [-0.15, -0.1) is 22.1 Å². The molecule has 2 aliphatic rings. The Morgan fingerprint density at radius 1 is 0.433 bits per heavy atom. The van der Waals surface area contributed by atoms with Crippen LogP contribution in [0.4, 0.5) is 0 Å². The summed E-state index contributed by atoms with van der Waals surface area (Å²) in [6.07, 6.45) is 8.69. The molecule has 9 rings (SSSR count). The van der Waals surface area contributed by atoms with Crippen molar-refractivity contribution < 1.29 is 30.4 Å². The van der Waals surface area contributed by atoms with Gasteiger partial charge in [-0.3, -0.25) is 4.57 Å². The van der Waals surface area contributed by atoms with Gasteiger partial charge < -0.3 is 19.0 Å². The molecule has 2 aliphatic heterocycles. The summed E-state index contributed by atoms with van der Waals surface area (Å²) in [7, 11) is -3.32. The Bertz CT molecular complexity index is 3260. The van der Waals surface area contributed by atoms with Crippen LogP contribution in [-0.2, 0) is 36.6 Å². The van der Waals surface area contributed by atoms with Crippen molar-refractivity contribution in [1.29, 1.82) is 0 Å². The van der Waals surface area contributed by atoms with E-state index in [1.807, 2.05) is 26.0 Å². The predicted octanol–water partition coefficient (Wildman–Crippen LogP) is 15.1. The van der Waals surface area contributed by atoms with E-state index in [1.165, 1.54) is 27.8 Å². The summed E-state index contributed by atoms with van der Waals surface area (Å²) in [6, 6.07) is 30.1. The van der Waals surface area contributed by atoms with Crippen LogP contribution in [0.3, 0.4) is 0 Å². The summed E-state index contributed by atoms with van der Waals surface area (Å²) in [6.45, 7) is 23.8. The second-order valence-electron chi connectivity index (χ2n) is 18.0. The zero-order valence-corrected chi connectivity index (χ0v) is 42.2. The summed E-state index contributed by atoms with van der Waals surface area (Å²) in [5, 5.41) is 0. The monoisotopic (exact) mass is 947 g/mol. The second kappa shape index (κ2) is 19.0. The van der Waals surface area contributed by atoms with Crippen molar-refractivity contribution in [2.75, 3.05) is 13.2 Å². The third kappa shape index (κ3) is 9.14. The number of fused-ring (bicyclic) bond motifs is 8. The third-order valence-electron chi connectivity index (χ3n) is 12.7. The maximum atomic E-state index is 13.6. The molecule has 0 amide bonds. The molecule has 4 aromatic carbocycles. The quantitative estimate of drug-likeness (QED) is 0.126. The number of rotatable bonds is 10. The molecule has 0 atom stereocenters. The molecule has 0 spiro atoms. The van der Waals surface area contributed by atoms with Gasteiger partial charge in [-0.25, -0.2) is 9.97 Å². The minimum absolute atomic E-state index is 0. The van der Waals surface area contributed by atoms with Crippen LogP contribution < -0.4 is 9.97 Å². The predicted molar refractivity (Wildman–Crippen MR) is 276 cm³/mol. The van der Waals surface area contributed by atoms with Crippen LogP contribution in [0.2, 0.25) is 0 Å². The molecule has 9 heteroatoms. The van der Waals surface area contributed by atoms with Crippen molar-refractivity contribution in [3.63, 3.8) is 0 Å². The maximum Gasteiger partial charge on any atom is 2.00 e. The third-order valence-corrected chi connectivity index (χ3v) is 14.7. The molecule has 341 valence electrons. The first-order chi connectivity index (χ1) is 31.6. The van der Waals surface area contributed by atoms with Gasteiger partial charge in [-0.05, 0) is 184 Å². The Morgan fingerprint density at radius 3 is 1.04 bits per heavy atom. The molecule has 0 N–H and O–H groups in total. The SMILES string of the molecule is CCOP(=O)(Cc1ccc(-c2c3nc(c(-c4c(C)cc(C)cc4C)c4ccc([n-]4)c(-c4c(C)cc(C)cc4C)c4nc(c(-c5c(C)cc(C)cc5C)c5ccc2[n-]5)C=C4)C=C3)cc1)OCC.[Co+2]. The van der Waals surface area contributed by atoms with E-state index in [0.717, 1.165) is 117 Å². The van der Waals surface area contributed by atoms with Gasteiger partial charge in [0.2, 0.25) is 0 Å². The fourth-order valence-electron chi connectivity index (χ4n) is 10.4. The number of benzene rings is 4. The Labute approximate surface area is 405 Å². The van der Waals surface area contributed by atoms with Crippen molar-refractivity contribution in [2.24, 2.45) is 0 Å². The summed E-state index contributed by atoms with van der Waals surface area (Å²) in [4.78, 5) is 22.2. The van der Waals surface area contributed by atoms with Crippen LogP contribution in [0.1, 0.15) is 92.3 Å². The molecule has 3 aromatic heterocycles. The molecular weight excluding hydrogens is 891 g/mol. The molecule has 7 nitrogen and oxygen atoms in total. The topological polar surface area (TPSA) is 89.5 Å². The van der Waals surface area contributed by atoms with E-state index >= 15 is 0 Å². The van der Waals surface area contributed by atoms with Gasteiger partial charge >= 0.3 is 24.4 Å². The number of aromatic nitrogens is 4. The van der Waals surface area contributed by atoms with Crippen LogP contribution in [0.25, 0.3) is 90.9 Å². The van der Waals surface area contributed by atoms with E-state index in [1.54, 1.807) is 0 Å². The second-order valence-corrected chi connectivity index (χ2v) is 20.0. The molecule has 0 saturated carbocycles. The van der Waals surface area contributed by atoms with Gasteiger partial charge in [0.15, 0.2) is 0 Å². The first kappa shape index (κ1) is 47.6. The molecule has 0 aliphatic carbocycles. The molecule has 1 radical (unpaired) electrons. The Morgan fingerprint density at radius 2 is 0.731 bits per heavy atom. The van der Waals surface area contributed by atoms with Crippen LogP contribution in [0, 0.1) is 62.3 Å². The standard InChI is InChI=1S/C58H57N4O3P.Co/c1-12-64-66(63,65-13-2)32-42-14-16-43(17-15-42)55-44-18-20-46(59-44)56(52-36(6)26-33(3)27-37(52)7)48-22-24-50(61-48)58(54-40(10)30-35(5)31-41(54)11)51-25-23-49(62-51)57(47-21-19-45(55)60-47)53-38(8)28-34(4)29-39(53)9;/h14-31H,12-13,32H2,1-11H3;/q-2;+2. The van der Waals surface area contributed by atoms with Crippen LogP contribution in [0.5, 0.6) is 0 Å². The molecule has 7 aromatic rings. The summed E-state index contributed by atoms with van der Waals surface area (Å²) >= 11 is 0.